The first-order valence-corrected chi connectivity index (χ1v) is 16.7. The van der Waals surface area contributed by atoms with E-state index in [1.165, 1.54) is 12.8 Å². The number of rotatable bonds is 7. The van der Waals surface area contributed by atoms with Gasteiger partial charge in [0.25, 0.3) is 0 Å². The highest BCUT2D eigenvalue weighted by molar-refractivity contribution is 8.03. The van der Waals surface area contributed by atoms with E-state index >= 15 is 0 Å². The molecule has 8 unspecified atom stereocenters. The van der Waals surface area contributed by atoms with Crippen LogP contribution >= 0.6 is 23.5 Å². The first kappa shape index (κ1) is 28.3. The zero-order valence-corrected chi connectivity index (χ0v) is 24.2. The average Bonchev–Trinajstić information content (AvgIpc) is 3.58. The van der Waals surface area contributed by atoms with Gasteiger partial charge in [-0.05, 0) is 37.4 Å². The van der Waals surface area contributed by atoms with E-state index in [0.29, 0.717) is 37.7 Å². The molecule has 0 aromatic heterocycles. The Bertz CT molecular complexity index is 936. The molecule has 6 aliphatic rings. The van der Waals surface area contributed by atoms with Gasteiger partial charge in [-0.25, -0.2) is 0 Å². The number of primary amides is 1. The van der Waals surface area contributed by atoms with Gasteiger partial charge < -0.3 is 41.8 Å². The molecule has 1 aliphatic carbocycles. The fourth-order valence-corrected chi connectivity index (χ4v) is 10.4. The second-order valence-electron chi connectivity index (χ2n) is 12.0. The van der Waals surface area contributed by atoms with Crippen molar-refractivity contribution in [2.75, 3.05) is 45.2 Å². The third kappa shape index (κ3) is 6.33. The number of nitrogens with two attached hydrogens (primary N) is 2. The zero-order valence-electron chi connectivity index (χ0n) is 22.6. The summed E-state index contributed by atoms with van der Waals surface area (Å²) >= 11 is 3.76. The minimum absolute atomic E-state index is 0.0288. The Morgan fingerprint density at radius 1 is 1.13 bits per heavy atom. The molecule has 12 heteroatoms. The van der Waals surface area contributed by atoms with Crippen molar-refractivity contribution in [2.45, 2.75) is 85.5 Å². The van der Waals surface area contributed by atoms with Crippen LogP contribution in [-0.4, -0.2) is 109 Å². The van der Waals surface area contributed by atoms with Crippen molar-refractivity contribution in [1.82, 2.24) is 20.9 Å². The van der Waals surface area contributed by atoms with Crippen LogP contribution in [-0.2, 0) is 19.1 Å². The van der Waals surface area contributed by atoms with Gasteiger partial charge in [-0.3, -0.25) is 9.59 Å². The van der Waals surface area contributed by atoms with E-state index in [2.05, 4.69) is 20.9 Å². The number of amides is 1. The molecule has 10 nitrogen and oxygen atoms in total. The molecule has 0 aromatic carbocycles. The van der Waals surface area contributed by atoms with Gasteiger partial charge in [0.05, 0.1) is 30.2 Å². The van der Waals surface area contributed by atoms with Crippen LogP contribution in [0.1, 0.15) is 38.5 Å². The lowest BCUT2D eigenvalue weighted by molar-refractivity contribution is -0.123. The third-order valence-electron chi connectivity index (χ3n) is 9.45. The Hall–Kier alpha value is -0.860. The number of morpholine rings is 1. The number of nitrogens with one attached hydrogen (secondary N) is 3. The zero-order chi connectivity index (χ0) is 26.9. The number of thioether (sulfide) groups is 2. The van der Waals surface area contributed by atoms with Crippen LogP contribution in [0.25, 0.3) is 0 Å². The molecule has 218 valence electrons. The van der Waals surface area contributed by atoms with Crippen molar-refractivity contribution < 1.29 is 19.1 Å². The minimum Gasteiger partial charge on any atom is -0.378 e. The van der Waals surface area contributed by atoms with Crippen LogP contribution in [0.2, 0.25) is 0 Å². The Labute approximate surface area is 239 Å². The first-order valence-electron chi connectivity index (χ1n) is 14.7. The number of ether oxygens (including phenoxy) is 2. The Kier molecular flexibility index (Phi) is 9.11. The molecule has 0 aromatic rings. The van der Waals surface area contributed by atoms with Crippen LogP contribution in [0, 0.1) is 11.8 Å². The molecule has 6 rings (SSSR count). The molecule has 1 saturated carbocycles. The molecule has 10 atom stereocenters. The third-order valence-corrected chi connectivity index (χ3v) is 12.3. The normalized spacial score (nSPS) is 43.3. The number of carbonyl (C=O) groups excluding carboxylic acids is 2. The largest absolute Gasteiger partial charge is 0.378 e. The number of nitrogens with zero attached hydrogens (tertiary/aromatic N) is 1. The number of fused-ring (bicyclic) bond motifs is 1. The highest BCUT2D eigenvalue weighted by atomic mass is 32.2. The van der Waals surface area contributed by atoms with Gasteiger partial charge in [0, 0.05) is 61.0 Å². The fourth-order valence-electron chi connectivity index (χ4n) is 7.25. The molecule has 5 aliphatic heterocycles. The SMILES string of the molecule is NC(=O)C1NCC(N[C@H]2CCCC[C@H]2N)CC1NC1CC(C2COC3C(=O)C=C(N4CCOCC4)SC32)CS1. The summed E-state index contributed by atoms with van der Waals surface area (Å²) in [4.78, 5) is 27.6. The van der Waals surface area contributed by atoms with Crippen molar-refractivity contribution in [3.63, 3.8) is 0 Å². The molecule has 7 N–H and O–H groups in total. The highest BCUT2D eigenvalue weighted by Gasteiger charge is 2.49. The number of carbonyl (C=O) groups is 2. The molecule has 0 bridgehead atoms. The summed E-state index contributed by atoms with van der Waals surface area (Å²) in [6, 6.07) is 0.386. The van der Waals surface area contributed by atoms with Gasteiger partial charge in [0.2, 0.25) is 5.91 Å². The van der Waals surface area contributed by atoms with E-state index in [1.54, 1.807) is 6.08 Å². The maximum atomic E-state index is 13.0. The lowest BCUT2D eigenvalue weighted by Crippen LogP contribution is -2.66. The molecule has 0 radical (unpaired) electrons. The summed E-state index contributed by atoms with van der Waals surface area (Å²) in [7, 11) is 0. The first-order chi connectivity index (χ1) is 19.0. The van der Waals surface area contributed by atoms with Crippen LogP contribution in [0.15, 0.2) is 11.1 Å². The van der Waals surface area contributed by atoms with E-state index < -0.39 is 0 Å². The van der Waals surface area contributed by atoms with E-state index in [4.69, 9.17) is 20.9 Å². The van der Waals surface area contributed by atoms with Gasteiger partial charge in [-0.15, -0.1) is 23.5 Å². The van der Waals surface area contributed by atoms with Gasteiger partial charge >= 0.3 is 0 Å². The Morgan fingerprint density at radius 2 is 1.95 bits per heavy atom. The van der Waals surface area contributed by atoms with E-state index in [0.717, 1.165) is 56.1 Å². The van der Waals surface area contributed by atoms with Gasteiger partial charge in [-0.1, -0.05) is 12.8 Å². The monoisotopic (exact) mass is 580 g/mol. The molecule has 1 amide bonds. The van der Waals surface area contributed by atoms with Gasteiger partial charge in [0.15, 0.2) is 5.78 Å². The molecular formula is C27H44N6O4S2. The van der Waals surface area contributed by atoms with Crippen molar-refractivity contribution in [2.24, 2.45) is 23.3 Å². The summed E-state index contributed by atoms with van der Waals surface area (Å²) in [6.07, 6.45) is 7.92. The summed E-state index contributed by atoms with van der Waals surface area (Å²) in [5.41, 5.74) is 12.2. The molecule has 5 heterocycles. The van der Waals surface area contributed by atoms with Crippen LogP contribution in [0.3, 0.4) is 0 Å². The van der Waals surface area contributed by atoms with Gasteiger partial charge in [0.1, 0.15) is 12.1 Å². The molecular weight excluding hydrogens is 536 g/mol. The summed E-state index contributed by atoms with van der Waals surface area (Å²) < 4.78 is 11.6. The minimum atomic E-state index is -0.380. The summed E-state index contributed by atoms with van der Waals surface area (Å²) in [5, 5.41) is 12.5. The van der Waals surface area contributed by atoms with Crippen LogP contribution in [0.5, 0.6) is 0 Å². The summed E-state index contributed by atoms with van der Waals surface area (Å²) in [6.45, 7) is 4.44. The maximum absolute atomic E-state index is 13.0. The van der Waals surface area contributed by atoms with Gasteiger partial charge in [-0.2, -0.15) is 0 Å². The number of piperidine rings is 1. The number of hydrogen-bond acceptors (Lipinski definition) is 11. The lowest BCUT2D eigenvalue weighted by atomic mass is 9.87. The van der Waals surface area contributed by atoms with Crippen molar-refractivity contribution >= 4 is 35.2 Å². The molecule has 0 spiro atoms. The fraction of sp³-hybridized carbons (Fsp3) is 0.852. The Morgan fingerprint density at radius 3 is 2.74 bits per heavy atom. The van der Waals surface area contributed by atoms with E-state index in [9.17, 15) is 9.59 Å². The second-order valence-corrected chi connectivity index (χ2v) is 14.5. The quantitative estimate of drug-likeness (QED) is 0.277. The predicted octanol–water partition coefficient (Wildman–Crippen LogP) is -0.0278. The predicted molar refractivity (Wildman–Crippen MR) is 154 cm³/mol. The molecule has 4 saturated heterocycles. The van der Waals surface area contributed by atoms with Crippen molar-refractivity contribution in [1.29, 1.82) is 0 Å². The lowest BCUT2D eigenvalue weighted by Gasteiger charge is -2.41. The van der Waals surface area contributed by atoms with E-state index in [1.807, 2.05) is 23.5 Å². The number of ketones is 1. The van der Waals surface area contributed by atoms with Crippen molar-refractivity contribution in [3.05, 3.63) is 11.1 Å². The molecule has 5 fully saturated rings. The summed E-state index contributed by atoms with van der Waals surface area (Å²) in [5.74, 6) is 1.64. The topological polar surface area (TPSA) is 144 Å². The number of hydrogen-bond donors (Lipinski definition) is 5. The van der Waals surface area contributed by atoms with Crippen LogP contribution in [0.4, 0.5) is 0 Å². The second kappa shape index (κ2) is 12.6. The Balaban J connectivity index is 1.06. The molecule has 39 heavy (non-hydrogen) atoms. The standard InChI is InChI=1S/C27H44N6O4S2/c28-18-3-1-2-4-19(18)31-16-10-20(24(27(29)35)30-12-16)32-22-9-15(14-38-22)17-13-37-25-21(34)11-23(39-26(17)25)33-5-7-36-8-6-33/h11,15-20,22,24-26,30-32H,1-10,12-14,28H2,(H2,29,35)/t15?,16?,17?,18-,19+,20?,22?,24?,25?,26?/m1/s1. The maximum Gasteiger partial charge on any atom is 0.236 e. The van der Waals surface area contributed by atoms with Crippen molar-refractivity contribution in [3.8, 4) is 0 Å². The van der Waals surface area contributed by atoms with Crippen LogP contribution < -0.4 is 27.4 Å². The van der Waals surface area contributed by atoms with E-state index in [-0.39, 0.29) is 52.6 Å². The average molecular weight is 581 g/mol. The highest BCUT2D eigenvalue weighted by Crippen LogP contribution is 2.48. The smallest absolute Gasteiger partial charge is 0.236 e.